The average molecular weight is 458 g/mol. The van der Waals surface area contributed by atoms with Gasteiger partial charge in [0.25, 0.3) is 5.91 Å². The van der Waals surface area contributed by atoms with Crippen LogP contribution in [0.2, 0.25) is 0 Å². The van der Waals surface area contributed by atoms with Gasteiger partial charge in [0.15, 0.2) is 0 Å². The Hall–Kier alpha value is -2.64. The number of amides is 2. The molecule has 4 rings (SSSR count). The number of fused-ring (bicyclic) bond motifs is 1. The first-order valence-electron chi connectivity index (χ1n) is 10.1. The van der Waals surface area contributed by atoms with Gasteiger partial charge in [0.1, 0.15) is 17.4 Å². The molecule has 2 amide bonds. The summed E-state index contributed by atoms with van der Waals surface area (Å²) in [6, 6.07) is 9.68. The average Bonchev–Trinajstić information content (AvgIpc) is 3.21. The van der Waals surface area contributed by atoms with Crippen molar-refractivity contribution in [2.24, 2.45) is 4.99 Å². The molecule has 0 N–H and O–H groups in total. The number of allylic oxidation sites excluding steroid dienone is 1. The first-order chi connectivity index (χ1) is 14.7. The quantitative estimate of drug-likeness (QED) is 0.623. The minimum Gasteiger partial charge on any atom is -0.444 e. The molecule has 1 aromatic carbocycles. The Morgan fingerprint density at radius 2 is 2.03 bits per heavy atom. The van der Waals surface area contributed by atoms with Gasteiger partial charge in [-0.05, 0) is 61.4 Å². The van der Waals surface area contributed by atoms with Gasteiger partial charge in [0.05, 0.1) is 10.9 Å². The van der Waals surface area contributed by atoms with Crippen molar-refractivity contribution >= 4 is 40.1 Å². The number of rotatable bonds is 2. The molecule has 0 aliphatic carbocycles. The second-order valence-corrected chi connectivity index (χ2v) is 9.78. The van der Waals surface area contributed by atoms with E-state index in [1.165, 1.54) is 21.8 Å². The highest BCUT2D eigenvalue weighted by molar-refractivity contribution is 7.12. The Balaban J connectivity index is 1.66. The van der Waals surface area contributed by atoms with E-state index in [4.69, 9.17) is 16.3 Å². The summed E-state index contributed by atoms with van der Waals surface area (Å²) in [4.78, 5) is 33.9. The first-order valence-corrected chi connectivity index (χ1v) is 11.3. The Morgan fingerprint density at radius 1 is 1.26 bits per heavy atom. The molecule has 2 aliphatic heterocycles. The fraction of sp³-hybridized carbons (Fsp3) is 0.348. The van der Waals surface area contributed by atoms with Crippen LogP contribution in [0.15, 0.2) is 53.0 Å². The highest BCUT2D eigenvalue weighted by Gasteiger charge is 2.35. The summed E-state index contributed by atoms with van der Waals surface area (Å²) in [6.45, 7) is 6.33. The minimum absolute atomic E-state index is 0.145. The zero-order valence-electron chi connectivity index (χ0n) is 17.7. The van der Waals surface area contributed by atoms with E-state index in [9.17, 15) is 9.59 Å². The first kappa shape index (κ1) is 21.6. The third-order valence-electron chi connectivity index (χ3n) is 5.08. The normalized spacial score (nSPS) is 18.5. The van der Waals surface area contributed by atoms with Gasteiger partial charge < -0.3 is 4.74 Å². The largest absolute Gasteiger partial charge is 0.444 e. The second-order valence-electron chi connectivity index (χ2n) is 8.48. The van der Waals surface area contributed by atoms with Crippen LogP contribution in [0.4, 0.5) is 4.79 Å². The summed E-state index contributed by atoms with van der Waals surface area (Å²) >= 11 is 7.22. The van der Waals surface area contributed by atoms with Crippen molar-refractivity contribution < 1.29 is 14.3 Å². The monoisotopic (exact) mass is 457 g/mol. The van der Waals surface area contributed by atoms with E-state index in [2.05, 4.69) is 11.1 Å². The van der Waals surface area contributed by atoms with E-state index in [0.717, 1.165) is 17.5 Å². The van der Waals surface area contributed by atoms with E-state index in [1.54, 1.807) is 17.2 Å². The zero-order chi connectivity index (χ0) is 22.2. The van der Waals surface area contributed by atoms with Gasteiger partial charge in [-0.3, -0.25) is 19.6 Å². The van der Waals surface area contributed by atoms with Gasteiger partial charge in [-0.25, -0.2) is 4.79 Å². The molecule has 162 valence electrons. The number of aliphatic imine (C=N–C) groups is 1. The van der Waals surface area contributed by atoms with Gasteiger partial charge in [-0.2, -0.15) is 0 Å². The van der Waals surface area contributed by atoms with Crippen LogP contribution in [0.3, 0.4) is 0 Å². The van der Waals surface area contributed by atoms with Crippen LogP contribution in [-0.2, 0) is 11.2 Å². The number of carbonyl (C=O) groups is 2. The van der Waals surface area contributed by atoms with Crippen LogP contribution in [0.25, 0.3) is 0 Å². The summed E-state index contributed by atoms with van der Waals surface area (Å²) in [5, 5.41) is 2.32. The van der Waals surface area contributed by atoms with Crippen LogP contribution < -0.4 is 0 Å². The van der Waals surface area contributed by atoms with Gasteiger partial charge in [0, 0.05) is 12.7 Å². The Morgan fingerprint density at radius 3 is 2.74 bits per heavy atom. The molecule has 2 aromatic rings. The molecular formula is C23H24ClN3O3S. The van der Waals surface area contributed by atoms with Crippen molar-refractivity contribution in [2.45, 2.75) is 38.8 Å². The number of nitrogens with zero attached hydrogens (tertiary/aromatic N) is 3. The lowest BCUT2D eigenvalue weighted by atomic mass is 9.89. The number of hydrogen-bond donors (Lipinski definition) is 0. The SMILES string of the molecule is CC(C)(C)OC(=O)N1CCc2ccccc2C1c1csc(C(=O)N2C=CC(Cl)=NC2)c1. The van der Waals surface area contributed by atoms with Crippen LogP contribution >= 0.6 is 22.9 Å². The Kier molecular flexibility index (Phi) is 5.90. The van der Waals surface area contributed by atoms with Gasteiger partial charge in [-0.15, -0.1) is 11.3 Å². The highest BCUT2D eigenvalue weighted by atomic mass is 35.5. The van der Waals surface area contributed by atoms with Gasteiger partial charge in [0.2, 0.25) is 0 Å². The van der Waals surface area contributed by atoms with Crippen LogP contribution in [-0.4, -0.2) is 45.8 Å². The second kappa shape index (κ2) is 8.48. The predicted octanol–water partition coefficient (Wildman–Crippen LogP) is 5.20. The molecule has 1 unspecified atom stereocenters. The Bertz CT molecular complexity index is 1070. The van der Waals surface area contributed by atoms with E-state index in [-0.39, 0.29) is 24.7 Å². The van der Waals surface area contributed by atoms with Crippen molar-refractivity contribution in [3.8, 4) is 0 Å². The lowest BCUT2D eigenvalue weighted by molar-refractivity contribution is 0.0178. The standard InChI is InChI=1S/C23H24ClN3O3S/c1-23(2,3)30-22(29)27-11-8-15-6-4-5-7-17(15)20(27)16-12-18(31-13-16)21(28)26-10-9-19(24)25-14-26/h4-7,9-10,12-13,20H,8,11,14H2,1-3H3. The number of carbonyl (C=O) groups excluding carboxylic acids is 2. The molecule has 1 aromatic heterocycles. The summed E-state index contributed by atoms with van der Waals surface area (Å²) in [6.07, 6.45) is 3.65. The smallest absolute Gasteiger partial charge is 0.411 e. The summed E-state index contributed by atoms with van der Waals surface area (Å²) in [5.74, 6) is -0.145. The number of benzene rings is 1. The molecule has 0 radical (unpaired) electrons. The van der Waals surface area contributed by atoms with E-state index >= 15 is 0 Å². The molecule has 0 saturated carbocycles. The zero-order valence-corrected chi connectivity index (χ0v) is 19.2. The maximum Gasteiger partial charge on any atom is 0.411 e. The van der Waals surface area contributed by atoms with Gasteiger partial charge in [-0.1, -0.05) is 35.9 Å². The molecule has 6 nitrogen and oxygen atoms in total. The van der Waals surface area contributed by atoms with Crippen molar-refractivity contribution in [3.63, 3.8) is 0 Å². The molecule has 0 bridgehead atoms. The molecule has 0 fully saturated rings. The van der Waals surface area contributed by atoms with Crippen molar-refractivity contribution in [2.75, 3.05) is 13.2 Å². The maximum atomic E-state index is 13.0. The lowest BCUT2D eigenvalue weighted by Gasteiger charge is -2.38. The minimum atomic E-state index is -0.587. The molecular weight excluding hydrogens is 434 g/mol. The molecule has 3 heterocycles. The van der Waals surface area contributed by atoms with E-state index < -0.39 is 5.60 Å². The molecule has 0 saturated heterocycles. The summed E-state index contributed by atoms with van der Waals surface area (Å²) in [5.41, 5.74) is 2.57. The fourth-order valence-corrected chi connectivity index (χ4v) is 4.71. The molecule has 1 atom stereocenters. The molecule has 31 heavy (non-hydrogen) atoms. The van der Waals surface area contributed by atoms with E-state index in [0.29, 0.717) is 16.6 Å². The molecule has 2 aliphatic rings. The van der Waals surface area contributed by atoms with Crippen LogP contribution in [0, 0.1) is 0 Å². The lowest BCUT2D eigenvalue weighted by Crippen LogP contribution is -2.43. The third-order valence-corrected chi connectivity index (χ3v) is 6.27. The number of hydrogen-bond acceptors (Lipinski definition) is 5. The summed E-state index contributed by atoms with van der Waals surface area (Å²) < 4.78 is 5.68. The molecule has 0 spiro atoms. The van der Waals surface area contributed by atoms with Crippen molar-refractivity contribution in [1.29, 1.82) is 0 Å². The third kappa shape index (κ3) is 4.67. The summed E-state index contributed by atoms with van der Waals surface area (Å²) in [7, 11) is 0. The number of thiophene rings is 1. The topological polar surface area (TPSA) is 62.2 Å². The Labute approximate surface area is 190 Å². The fourth-order valence-electron chi connectivity index (χ4n) is 3.72. The van der Waals surface area contributed by atoms with E-state index in [1.807, 2.05) is 50.4 Å². The highest BCUT2D eigenvalue weighted by Crippen LogP contribution is 2.38. The van der Waals surface area contributed by atoms with Gasteiger partial charge >= 0.3 is 6.09 Å². The number of halogens is 1. The van der Waals surface area contributed by atoms with Crippen LogP contribution in [0.5, 0.6) is 0 Å². The molecule has 8 heteroatoms. The predicted molar refractivity (Wildman–Crippen MR) is 123 cm³/mol. The van der Waals surface area contributed by atoms with Crippen molar-refractivity contribution in [1.82, 2.24) is 9.80 Å². The maximum absolute atomic E-state index is 13.0. The van der Waals surface area contributed by atoms with Crippen LogP contribution in [0.1, 0.15) is 53.2 Å². The number of ether oxygens (including phenoxy) is 1. The van der Waals surface area contributed by atoms with Crippen molar-refractivity contribution in [3.05, 3.63) is 69.6 Å².